The van der Waals surface area contributed by atoms with Gasteiger partial charge in [-0.3, -0.25) is 4.79 Å². The van der Waals surface area contributed by atoms with Gasteiger partial charge in [0.2, 0.25) is 5.91 Å². The van der Waals surface area contributed by atoms with E-state index < -0.39 is 5.54 Å². The zero-order chi connectivity index (χ0) is 13.2. The summed E-state index contributed by atoms with van der Waals surface area (Å²) < 4.78 is 0. The molecule has 1 fully saturated rings. The SMILES string of the molecule is CCc1nc(C(C)NC(=O)C2(N)CCCC2)cs1. The molecule has 1 aromatic rings. The Bertz CT molecular complexity index is 424. The summed E-state index contributed by atoms with van der Waals surface area (Å²) >= 11 is 1.64. The molecule has 0 saturated heterocycles. The van der Waals surface area contributed by atoms with E-state index in [0.29, 0.717) is 0 Å². The van der Waals surface area contributed by atoms with Crippen LogP contribution < -0.4 is 11.1 Å². The van der Waals surface area contributed by atoms with Gasteiger partial charge < -0.3 is 11.1 Å². The minimum atomic E-state index is -0.655. The van der Waals surface area contributed by atoms with Crippen LogP contribution in [-0.2, 0) is 11.2 Å². The third-order valence-corrected chi connectivity index (χ3v) is 4.62. The van der Waals surface area contributed by atoms with Crippen LogP contribution in [0.5, 0.6) is 0 Å². The molecule has 1 unspecified atom stereocenters. The molecule has 4 nitrogen and oxygen atoms in total. The van der Waals surface area contributed by atoms with E-state index in [1.165, 1.54) is 0 Å². The maximum absolute atomic E-state index is 12.2. The molecule has 5 heteroatoms. The second kappa shape index (κ2) is 5.36. The molecule has 0 radical (unpaired) electrons. The monoisotopic (exact) mass is 267 g/mol. The molecule has 1 aliphatic rings. The third kappa shape index (κ3) is 2.72. The molecule has 1 amide bonds. The number of hydrogen-bond acceptors (Lipinski definition) is 4. The van der Waals surface area contributed by atoms with Crippen LogP contribution in [0.25, 0.3) is 0 Å². The fourth-order valence-corrected chi connectivity index (χ4v) is 3.17. The van der Waals surface area contributed by atoms with E-state index in [9.17, 15) is 4.79 Å². The maximum atomic E-state index is 12.2. The standard InChI is InChI=1S/C13H21N3OS/c1-3-11-16-10(8-18-11)9(2)15-12(17)13(14)6-4-5-7-13/h8-9H,3-7,14H2,1-2H3,(H,15,17). The van der Waals surface area contributed by atoms with Crippen LogP contribution in [0.1, 0.15) is 56.3 Å². The molecule has 0 aromatic carbocycles. The Morgan fingerprint density at radius 3 is 2.83 bits per heavy atom. The second-order valence-electron chi connectivity index (χ2n) is 5.08. The van der Waals surface area contributed by atoms with Crippen LogP contribution in [0.3, 0.4) is 0 Å². The number of aromatic nitrogens is 1. The van der Waals surface area contributed by atoms with E-state index in [2.05, 4.69) is 17.2 Å². The number of nitrogens with one attached hydrogen (secondary N) is 1. The van der Waals surface area contributed by atoms with Crippen molar-refractivity contribution in [2.24, 2.45) is 5.73 Å². The molecule has 3 N–H and O–H groups in total. The van der Waals surface area contributed by atoms with E-state index in [1.807, 2.05) is 12.3 Å². The maximum Gasteiger partial charge on any atom is 0.240 e. The highest BCUT2D eigenvalue weighted by atomic mass is 32.1. The quantitative estimate of drug-likeness (QED) is 0.878. The number of thiazole rings is 1. The Hall–Kier alpha value is -0.940. The summed E-state index contributed by atoms with van der Waals surface area (Å²) in [4.78, 5) is 16.7. The van der Waals surface area contributed by atoms with Crippen LogP contribution >= 0.6 is 11.3 Å². The van der Waals surface area contributed by atoms with Crippen molar-refractivity contribution < 1.29 is 4.79 Å². The van der Waals surface area contributed by atoms with Gasteiger partial charge in [-0.05, 0) is 26.2 Å². The zero-order valence-electron chi connectivity index (χ0n) is 11.0. The van der Waals surface area contributed by atoms with Gasteiger partial charge in [0.05, 0.1) is 22.3 Å². The van der Waals surface area contributed by atoms with Gasteiger partial charge >= 0.3 is 0 Å². The fraction of sp³-hybridized carbons (Fsp3) is 0.692. The number of carbonyl (C=O) groups is 1. The molecule has 1 saturated carbocycles. The van der Waals surface area contributed by atoms with Gasteiger partial charge in [-0.2, -0.15) is 0 Å². The van der Waals surface area contributed by atoms with Crippen LogP contribution in [-0.4, -0.2) is 16.4 Å². The van der Waals surface area contributed by atoms with Crippen LogP contribution in [0.15, 0.2) is 5.38 Å². The van der Waals surface area contributed by atoms with E-state index in [-0.39, 0.29) is 11.9 Å². The first-order valence-corrected chi connectivity index (χ1v) is 7.47. The van der Waals surface area contributed by atoms with Gasteiger partial charge in [0.15, 0.2) is 0 Å². The number of amides is 1. The number of nitrogens with two attached hydrogens (primary N) is 1. The predicted octanol–water partition coefficient (Wildman–Crippen LogP) is 2.15. The van der Waals surface area contributed by atoms with Crippen molar-refractivity contribution in [1.82, 2.24) is 10.3 Å². The minimum Gasteiger partial charge on any atom is -0.346 e. The molecule has 0 aliphatic heterocycles. The van der Waals surface area contributed by atoms with Gasteiger partial charge in [-0.25, -0.2) is 4.98 Å². The highest BCUT2D eigenvalue weighted by Crippen LogP contribution is 2.28. The lowest BCUT2D eigenvalue weighted by molar-refractivity contribution is -0.126. The molecule has 18 heavy (non-hydrogen) atoms. The molecule has 1 heterocycles. The van der Waals surface area contributed by atoms with Crippen molar-refractivity contribution in [1.29, 1.82) is 0 Å². The summed E-state index contributed by atoms with van der Waals surface area (Å²) in [5, 5.41) is 6.12. The number of nitrogens with zero attached hydrogens (tertiary/aromatic N) is 1. The van der Waals surface area contributed by atoms with Gasteiger partial charge in [-0.15, -0.1) is 11.3 Å². The van der Waals surface area contributed by atoms with Crippen LogP contribution in [0, 0.1) is 0 Å². The molecule has 0 spiro atoms. The Kier molecular flexibility index (Phi) is 4.02. The minimum absolute atomic E-state index is 0.0291. The lowest BCUT2D eigenvalue weighted by atomic mass is 9.97. The van der Waals surface area contributed by atoms with Gasteiger partial charge in [0, 0.05) is 5.38 Å². The Morgan fingerprint density at radius 2 is 2.28 bits per heavy atom. The summed E-state index contributed by atoms with van der Waals surface area (Å²) in [6, 6.07) is -0.0601. The smallest absolute Gasteiger partial charge is 0.240 e. The van der Waals surface area contributed by atoms with Crippen molar-refractivity contribution >= 4 is 17.2 Å². The normalized spacial score (nSPS) is 19.7. The van der Waals surface area contributed by atoms with Crippen molar-refractivity contribution in [3.05, 3.63) is 16.1 Å². The largest absolute Gasteiger partial charge is 0.346 e. The van der Waals surface area contributed by atoms with E-state index in [4.69, 9.17) is 5.73 Å². The first-order chi connectivity index (χ1) is 8.55. The highest BCUT2D eigenvalue weighted by molar-refractivity contribution is 7.09. The summed E-state index contributed by atoms with van der Waals surface area (Å²) in [6.45, 7) is 4.05. The molecule has 2 rings (SSSR count). The Morgan fingerprint density at radius 1 is 1.61 bits per heavy atom. The van der Waals surface area contributed by atoms with Crippen LogP contribution in [0.2, 0.25) is 0 Å². The molecule has 1 aromatic heterocycles. The van der Waals surface area contributed by atoms with E-state index >= 15 is 0 Å². The highest BCUT2D eigenvalue weighted by Gasteiger charge is 2.37. The average molecular weight is 267 g/mol. The topological polar surface area (TPSA) is 68.0 Å². The van der Waals surface area contributed by atoms with Crippen molar-refractivity contribution in [3.8, 4) is 0 Å². The summed E-state index contributed by atoms with van der Waals surface area (Å²) in [5.41, 5.74) is 6.41. The Labute approximate surface area is 112 Å². The molecule has 0 bridgehead atoms. The predicted molar refractivity (Wildman–Crippen MR) is 73.4 cm³/mol. The molecular formula is C13H21N3OS. The second-order valence-corrected chi connectivity index (χ2v) is 6.02. The number of carbonyl (C=O) groups excluding carboxylic acids is 1. The van der Waals surface area contributed by atoms with Gasteiger partial charge in [-0.1, -0.05) is 19.8 Å². The Balaban J connectivity index is 1.98. The molecule has 1 aliphatic carbocycles. The van der Waals surface area contributed by atoms with Crippen molar-refractivity contribution in [3.63, 3.8) is 0 Å². The number of hydrogen-bond donors (Lipinski definition) is 2. The average Bonchev–Trinajstić information content (AvgIpc) is 2.98. The van der Waals surface area contributed by atoms with Crippen molar-refractivity contribution in [2.45, 2.75) is 57.5 Å². The summed E-state index contributed by atoms with van der Waals surface area (Å²) in [6.07, 6.45) is 4.63. The van der Waals surface area contributed by atoms with E-state index in [0.717, 1.165) is 42.8 Å². The lowest BCUT2D eigenvalue weighted by Crippen LogP contribution is -2.52. The van der Waals surface area contributed by atoms with E-state index in [1.54, 1.807) is 11.3 Å². The zero-order valence-corrected chi connectivity index (χ0v) is 11.8. The lowest BCUT2D eigenvalue weighted by Gasteiger charge is -2.24. The van der Waals surface area contributed by atoms with Gasteiger partial charge in [0.1, 0.15) is 0 Å². The van der Waals surface area contributed by atoms with Crippen molar-refractivity contribution in [2.75, 3.05) is 0 Å². The third-order valence-electron chi connectivity index (χ3n) is 3.61. The first-order valence-electron chi connectivity index (χ1n) is 6.59. The number of rotatable bonds is 4. The molecule has 1 atom stereocenters. The van der Waals surface area contributed by atoms with Crippen LogP contribution in [0.4, 0.5) is 0 Å². The summed E-state index contributed by atoms with van der Waals surface area (Å²) in [5.74, 6) is -0.0291. The fourth-order valence-electron chi connectivity index (χ4n) is 2.33. The number of aryl methyl sites for hydroxylation is 1. The molecule has 100 valence electrons. The summed E-state index contributed by atoms with van der Waals surface area (Å²) in [7, 11) is 0. The molecular weight excluding hydrogens is 246 g/mol. The first kappa shape index (κ1) is 13.5. The van der Waals surface area contributed by atoms with Gasteiger partial charge in [0.25, 0.3) is 0 Å².